The van der Waals surface area contributed by atoms with E-state index in [-0.39, 0.29) is 31.5 Å². The zero-order valence-corrected chi connectivity index (χ0v) is 18.0. The third-order valence-corrected chi connectivity index (χ3v) is 6.27. The first-order valence-corrected chi connectivity index (χ1v) is 10.6. The number of nitrogens with one attached hydrogen (secondary N) is 1. The van der Waals surface area contributed by atoms with Gasteiger partial charge in [-0.3, -0.25) is 9.59 Å². The number of benzene rings is 2. The van der Waals surface area contributed by atoms with Crippen LogP contribution in [-0.2, 0) is 19.1 Å². The molecule has 1 aliphatic heterocycles. The van der Waals surface area contributed by atoms with Gasteiger partial charge >= 0.3 is 12.1 Å². The Morgan fingerprint density at radius 2 is 1.62 bits per heavy atom. The van der Waals surface area contributed by atoms with Gasteiger partial charge in [-0.15, -0.1) is 0 Å². The van der Waals surface area contributed by atoms with E-state index < -0.39 is 30.1 Å². The summed E-state index contributed by atoms with van der Waals surface area (Å²) in [6.45, 7) is 2.04. The van der Waals surface area contributed by atoms with Gasteiger partial charge in [-0.1, -0.05) is 48.5 Å². The molecule has 0 saturated carbocycles. The maximum Gasteiger partial charge on any atom is 0.407 e. The molecule has 4 rings (SSSR count). The third kappa shape index (κ3) is 4.05. The number of carbonyl (C=O) groups excluding carboxylic acids is 2. The van der Waals surface area contributed by atoms with E-state index in [9.17, 15) is 14.4 Å². The number of alkyl carbamates (subject to hydrolysis) is 1. The van der Waals surface area contributed by atoms with Gasteiger partial charge < -0.3 is 24.8 Å². The van der Waals surface area contributed by atoms with Crippen molar-refractivity contribution in [1.82, 2.24) is 10.2 Å². The van der Waals surface area contributed by atoms with Crippen molar-refractivity contribution < 1.29 is 29.0 Å². The van der Waals surface area contributed by atoms with Crippen LogP contribution in [0.3, 0.4) is 0 Å². The van der Waals surface area contributed by atoms with E-state index in [1.54, 1.807) is 6.92 Å². The zero-order valence-electron chi connectivity index (χ0n) is 18.0. The summed E-state index contributed by atoms with van der Waals surface area (Å²) in [7, 11) is 1.44. The standard InChI is InChI=1S/C24H26N2O6/c1-14(31-2)21(22(27)26-11-15(12-26)23(28)29)25-24(30)32-13-20-18-9-5-3-7-16(18)17-8-4-6-10-19(17)20/h3-10,14-15,20-21H,11-13H2,1-2H3,(H,25,30)(H,28,29)/t14-,21+/m1/s1. The molecule has 1 aliphatic carbocycles. The molecule has 0 aromatic heterocycles. The van der Waals surface area contributed by atoms with Crippen molar-refractivity contribution in [1.29, 1.82) is 0 Å². The fourth-order valence-electron chi connectivity index (χ4n) is 4.29. The molecule has 0 radical (unpaired) electrons. The van der Waals surface area contributed by atoms with E-state index >= 15 is 0 Å². The molecular formula is C24H26N2O6. The van der Waals surface area contributed by atoms with E-state index in [4.69, 9.17) is 14.6 Å². The Morgan fingerprint density at radius 3 is 2.16 bits per heavy atom. The van der Waals surface area contributed by atoms with Crippen molar-refractivity contribution in [3.8, 4) is 11.1 Å². The summed E-state index contributed by atoms with van der Waals surface area (Å²) in [4.78, 5) is 37.8. The Balaban J connectivity index is 1.41. The van der Waals surface area contributed by atoms with Crippen molar-refractivity contribution in [3.63, 3.8) is 0 Å². The van der Waals surface area contributed by atoms with Crippen LogP contribution in [0.15, 0.2) is 48.5 Å². The van der Waals surface area contributed by atoms with E-state index in [1.165, 1.54) is 12.0 Å². The van der Waals surface area contributed by atoms with Crippen LogP contribution in [0.1, 0.15) is 24.0 Å². The van der Waals surface area contributed by atoms with Gasteiger partial charge in [0, 0.05) is 26.1 Å². The topological polar surface area (TPSA) is 105 Å². The number of aliphatic carboxylic acids is 1. The highest BCUT2D eigenvalue weighted by Crippen LogP contribution is 2.44. The second-order valence-electron chi connectivity index (χ2n) is 8.17. The molecule has 0 unspecified atom stereocenters. The Labute approximate surface area is 186 Å². The lowest BCUT2D eigenvalue weighted by molar-refractivity contribution is -0.154. The summed E-state index contributed by atoms with van der Waals surface area (Å²) in [6, 6.07) is 15.1. The zero-order chi connectivity index (χ0) is 22.8. The van der Waals surface area contributed by atoms with Gasteiger partial charge in [-0.05, 0) is 29.2 Å². The highest BCUT2D eigenvalue weighted by Gasteiger charge is 2.40. The summed E-state index contributed by atoms with van der Waals surface area (Å²) in [5.41, 5.74) is 4.45. The maximum atomic E-state index is 12.8. The molecule has 2 aromatic carbocycles. The van der Waals surface area contributed by atoms with Crippen LogP contribution in [0.4, 0.5) is 4.79 Å². The molecule has 0 bridgehead atoms. The SMILES string of the molecule is CO[C@H](C)[C@H](NC(=O)OCC1c2ccccc2-c2ccccc21)C(=O)N1CC(C(=O)O)C1. The highest BCUT2D eigenvalue weighted by atomic mass is 16.5. The molecule has 2 amide bonds. The number of fused-ring (bicyclic) bond motifs is 3. The van der Waals surface area contributed by atoms with Gasteiger partial charge in [-0.25, -0.2) is 4.79 Å². The minimum atomic E-state index is -0.967. The maximum absolute atomic E-state index is 12.8. The van der Waals surface area contributed by atoms with Crippen LogP contribution in [0.5, 0.6) is 0 Å². The second-order valence-corrected chi connectivity index (χ2v) is 8.17. The van der Waals surface area contributed by atoms with Gasteiger partial charge in [0.1, 0.15) is 12.6 Å². The molecule has 8 heteroatoms. The summed E-state index contributed by atoms with van der Waals surface area (Å²) in [5, 5.41) is 11.6. The Hall–Kier alpha value is -3.39. The van der Waals surface area contributed by atoms with E-state index in [0.717, 1.165) is 22.3 Å². The van der Waals surface area contributed by atoms with Crippen LogP contribution in [0, 0.1) is 5.92 Å². The van der Waals surface area contributed by atoms with Crippen molar-refractivity contribution in [2.75, 3.05) is 26.8 Å². The number of likely N-dealkylation sites (tertiary alicyclic amines) is 1. The Bertz CT molecular complexity index is 987. The van der Waals surface area contributed by atoms with Crippen LogP contribution >= 0.6 is 0 Å². The molecule has 2 aliphatic rings. The first kappa shape index (κ1) is 21.8. The fourth-order valence-corrected chi connectivity index (χ4v) is 4.29. The summed E-state index contributed by atoms with van der Waals surface area (Å²) >= 11 is 0. The Kier molecular flexibility index (Phi) is 6.14. The minimum Gasteiger partial charge on any atom is -0.481 e. The van der Waals surface area contributed by atoms with Crippen LogP contribution in [-0.4, -0.2) is 66.9 Å². The number of hydrogen-bond donors (Lipinski definition) is 2. The summed E-state index contributed by atoms with van der Waals surface area (Å²) in [6.07, 6.45) is -1.32. The van der Waals surface area contributed by atoms with E-state index in [2.05, 4.69) is 17.4 Å². The molecule has 2 atom stereocenters. The normalized spacial score (nSPS) is 17.0. The smallest absolute Gasteiger partial charge is 0.407 e. The highest BCUT2D eigenvalue weighted by molar-refractivity contribution is 5.88. The molecule has 1 heterocycles. The van der Waals surface area contributed by atoms with Gasteiger partial charge in [0.05, 0.1) is 12.0 Å². The third-order valence-electron chi connectivity index (χ3n) is 6.27. The molecule has 2 N–H and O–H groups in total. The fraction of sp³-hybridized carbons (Fsp3) is 0.375. The van der Waals surface area contributed by atoms with Crippen molar-refractivity contribution >= 4 is 18.0 Å². The average Bonchev–Trinajstić information content (AvgIpc) is 3.08. The number of carboxylic acids is 1. The first-order chi connectivity index (χ1) is 15.4. The van der Waals surface area contributed by atoms with Gasteiger partial charge in [0.2, 0.25) is 5.91 Å². The monoisotopic (exact) mass is 438 g/mol. The second kappa shape index (κ2) is 9.00. The van der Waals surface area contributed by atoms with Crippen LogP contribution in [0.25, 0.3) is 11.1 Å². The van der Waals surface area contributed by atoms with E-state index in [1.807, 2.05) is 36.4 Å². The summed E-state index contributed by atoms with van der Waals surface area (Å²) < 4.78 is 10.8. The minimum absolute atomic E-state index is 0.0890. The lowest BCUT2D eigenvalue weighted by atomic mass is 9.98. The predicted octanol–water partition coefficient (Wildman–Crippen LogP) is 2.47. The lowest BCUT2D eigenvalue weighted by Crippen LogP contribution is -2.61. The molecular weight excluding hydrogens is 412 g/mol. The molecule has 32 heavy (non-hydrogen) atoms. The molecule has 2 aromatic rings. The van der Waals surface area contributed by atoms with Crippen LogP contribution < -0.4 is 5.32 Å². The molecule has 1 fully saturated rings. The van der Waals surface area contributed by atoms with Gasteiger partial charge in [0.15, 0.2) is 0 Å². The van der Waals surface area contributed by atoms with Gasteiger partial charge in [-0.2, -0.15) is 0 Å². The number of carboxylic acid groups (broad SMARTS) is 1. The molecule has 168 valence electrons. The lowest BCUT2D eigenvalue weighted by Gasteiger charge is -2.39. The Morgan fingerprint density at radius 1 is 1.06 bits per heavy atom. The quantitative estimate of drug-likeness (QED) is 0.688. The average molecular weight is 438 g/mol. The first-order valence-electron chi connectivity index (χ1n) is 10.6. The van der Waals surface area contributed by atoms with Crippen LogP contribution in [0.2, 0.25) is 0 Å². The van der Waals surface area contributed by atoms with Crippen molar-refractivity contribution in [2.24, 2.45) is 5.92 Å². The number of carbonyl (C=O) groups is 3. The summed E-state index contributed by atoms with van der Waals surface area (Å²) in [5.74, 6) is -1.99. The number of amides is 2. The number of rotatable bonds is 7. The number of ether oxygens (including phenoxy) is 2. The number of nitrogens with zero attached hydrogens (tertiary/aromatic N) is 1. The molecule has 8 nitrogen and oxygen atoms in total. The largest absolute Gasteiger partial charge is 0.481 e. The van der Waals surface area contributed by atoms with Gasteiger partial charge in [0.25, 0.3) is 0 Å². The van der Waals surface area contributed by atoms with Crippen molar-refractivity contribution in [2.45, 2.75) is 25.0 Å². The number of hydrogen-bond acceptors (Lipinski definition) is 5. The number of methoxy groups -OCH3 is 1. The van der Waals surface area contributed by atoms with E-state index in [0.29, 0.717) is 0 Å². The predicted molar refractivity (Wildman–Crippen MR) is 116 cm³/mol. The molecule has 1 saturated heterocycles. The van der Waals surface area contributed by atoms with Crippen molar-refractivity contribution in [3.05, 3.63) is 59.7 Å². The molecule has 0 spiro atoms.